The van der Waals surface area contributed by atoms with E-state index >= 15 is 0 Å². The summed E-state index contributed by atoms with van der Waals surface area (Å²) in [6.07, 6.45) is 2.77. The summed E-state index contributed by atoms with van der Waals surface area (Å²) in [4.78, 5) is 16.4. The molecular formula is C22H47N3O. The lowest BCUT2D eigenvalue weighted by molar-refractivity contribution is -0.141. The van der Waals surface area contributed by atoms with Crippen molar-refractivity contribution in [2.24, 2.45) is 17.3 Å². The lowest BCUT2D eigenvalue weighted by atomic mass is 9.87. The molecule has 0 aliphatic carbocycles. The minimum absolute atomic E-state index is 0.236. The van der Waals surface area contributed by atoms with Crippen molar-refractivity contribution in [2.45, 2.75) is 81.2 Å². The molecule has 4 heteroatoms. The molecule has 0 aromatic heterocycles. The topological polar surface area (TPSA) is 35.6 Å². The zero-order valence-electron chi connectivity index (χ0n) is 19.2. The first-order valence-corrected chi connectivity index (χ1v) is 10.9. The highest BCUT2D eigenvalue weighted by molar-refractivity contribution is 5.81. The highest BCUT2D eigenvalue weighted by atomic mass is 16.2. The van der Waals surface area contributed by atoms with Crippen LogP contribution in [0.3, 0.4) is 0 Å². The van der Waals surface area contributed by atoms with E-state index in [1.165, 1.54) is 25.9 Å². The van der Waals surface area contributed by atoms with Crippen LogP contribution in [0.2, 0.25) is 0 Å². The molecule has 26 heavy (non-hydrogen) atoms. The van der Waals surface area contributed by atoms with Crippen LogP contribution >= 0.6 is 0 Å². The fraction of sp³-hybridized carbons (Fsp3) is 0.955. The number of carbonyl (C=O) groups is 1. The summed E-state index contributed by atoms with van der Waals surface area (Å²) in [5, 5.41) is 3.37. The van der Waals surface area contributed by atoms with Crippen LogP contribution in [0.15, 0.2) is 0 Å². The number of amides is 1. The maximum atomic E-state index is 12.0. The number of carbonyl (C=O) groups excluding carboxylic acids is 1. The third-order valence-electron chi connectivity index (χ3n) is 5.30. The van der Waals surface area contributed by atoms with Crippen LogP contribution in [-0.2, 0) is 4.79 Å². The van der Waals surface area contributed by atoms with Crippen molar-refractivity contribution >= 4 is 5.91 Å². The van der Waals surface area contributed by atoms with E-state index in [-0.39, 0.29) is 11.3 Å². The zero-order valence-corrected chi connectivity index (χ0v) is 19.2. The van der Waals surface area contributed by atoms with Crippen LogP contribution in [0, 0.1) is 17.3 Å². The van der Waals surface area contributed by atoms with E-state index in [1.807, 2.05) is 39.5 Å². The summed E-state index contributed by atoms with van der Waals surface area (Å²) < 4.78 is 0. The molecule has 0 unspecified atom stereocenters. The Morgan fingerprint density at radius 2 is 1.38 bits per heavy atom. The van der Waals surface area contributed by atoms with Gasteiger partial charge in [-0.05, 0) is 51.6 Å². The summed E-state index contributed by atoms with van der Waals surface area (Å²) >= 11 is 0. The molecule has 2 heterocycles. The Hall–Kier alpha value is -0.610. The molecule has 0 atom stereocenters. The van der Waals surface area contributed by atoms with Gasteiger partial charge in [-0.3, -0.25) is 9.69 Å². The van der Waals surface area contributed by atoms with Gasteiger partial charge in [-0.2, -0.15) is 0 Å². The second-order valence-corrected chi connectivity index (χ2v) is 9.00. The normalized spacial score (nSPS) is 19.6. The Kier molecular flexibility index (Phi) is 12.4. The molecular weight excluding hydrogens is 322 g/mol. The average molecular weight is 370 g/mol. The number of rotatable bonds is 2. The molecule has 0 aromatic rings. The predicted octanol–water partition coefficient (Wildman–Crippen LogP) is 4.25. The molecule has 1 amide bonds. The van der Waals surface area contributed by atoms with Gasteiger partial charge in [0.15, 0.2) is 0 Å². The minimum atomic E-state index is -0.236. The Morgan fingerprint density at radius 1 is 0.923 bits per heavy atom. The molecule has 1 N–H and O–H groups in total. The van der Waals surface area contributed by atoms with Gasteiger partial charge in [0.2, 0.25) is 5.91 Å². The van der Waals surface area contributed by atoms with Gasteiger partial charge in [0.1, 0.15) is 0 Å². The molecule has 0 saturated carbocycles. The Balaban J connectivity index is 0.000000484. The largest absolute Gasteiger partial charge is 0.340 e. The van der Waals surface area contributed by atoms with Gasteiger partial charge in [-0.15, -0.1) is 0 Å². The third kappa shape index (κ3) is 9.36. The van der Waals surface area contributed by atoms with E-state index in [0.717, 1.165) is 38.0 Å². The van der Waals surface area contributed by atoms with Gasteiger partial charge in [0, 0.05) is 37.6 Å². The number of nitrogens with zero attached hydrogens (tertiary/aromatic N) is 2. The first-order chi connectivity index (χ1) is 12.1. The number of hydrogen-bond donors (Lipinski definition) is 1. The van der Waals surface area contributed by atoms with Crippen molar-refractivity contribution in [1.82, 2.24) is 15.1 Å². The first kappa shape index (κ1) is 25.4. The van der Waals surface area contributed by atoms with Gasteiger partial charge in [-0.25, -0.2) is 0 Å². The summed E-state index contributed by atoms with van der Waals surface area (Å²) in [7, 11) is 0. The molecule has 156 valence electrons. The standard InChI is InChI=1S/C12H24N2O.C8H17N.C2H6/c1-10(2)13-6-8-14(9-7-13)11(15)12(3,4)5;1-7(2)8-3-5-9-6-4-8;1-2/h10H,6-9H2,1-5H3;7-9H,3-6H2,1-2H3;1-2H3. The van der Waals surface area contributed by atoms with Crippen LogP contribution in [-0.4, -0.2) is 61.0 Å². The van der Waals surface area contributed by atoms with Crippen LogP contribution < -0.4 is 5.32 Å². The Bertz CT molecular complexity index is 360. The predicted molar refractivity (Wildman–Crippen MR) is 115 cm³/mol. The van der Waals surface area contributed by atoms with E-state index in [2.05, 4.69) is 37.9 Å². The molecule has 4 nitrogen and oxygen atoms in total. The second-order valence-electron chi connectivity index (χ2n) is 9.00. The number of hydrogen-bond acceptors (Lipinski definition) is 3. The maximum Gasteiger partial charge on any atom is 0.228 e. The zero-order chi connectivity index (χ0) is 20.3. The molecule has 2 saturated heterocycles. The Morgan fingerprint density at radius 3 is 1.69 bits per heavy atom. The van der Waals surface area contributed by atoms with Gasteiger partial charge < -0.3 is 10.2 Å². The second kappa shape index (κ2) is 12.7. The van der Waals surface area contributed by atoms with Crippen molar-refractivity contribution in [3.8, 4) is 0 Å². The lowest BCUT2D eigenvalue weighted by Crippen LogP contribution is -2.53. The molecule has 0 spiro atoms. The average Bonchev–Trinajstić information content (AvgIpc) is 2.63. The fourth-order valence-electron chi connectivity index (χ4n) is 3.43. The SMILES string of the molecule is CC.CC(C)C1CCNCC1.CC(C)N1CCN(C(=O)C(C)(C)C)CC1. The van der Waals surface area contributed by atoms with Crippen LogP contribution in [0.5, 0.6) is 0 Å². The highest BCUT2D eigenvalue weighted by Crippen LogP contribution is 2.20. The Labute approximate surface area is 164 Å². The van der Waals surface area contributed by atoms with Crippen LogP contribution in [0.25, 0.3) is 0 Å². The van der Waals surface area contributed by atoms with Crippen LogP contribution in [0.4, 0.5) is 0 Å². The van der Waals surface area contributed by atoms with Crippen molar-refractivity contribution in [3.63, 3.8) is 0 Å². The van der Waals surface area contributed by atoms with Gasteiger partial charge >= 0.3 is 0 Å². The van der Waals surface area contributed by atoms with Crippen molar-refractivity contribution in [3.05, 3.63) is 0 Å². The highest BCUT2D eigenvalue weighted by Gasteiger charge is 2.29. The van der Waals surface area contributed by atoms with Gasteiger partial charge in [-0.1, -0.05) is 48.5 Å². The monoisotopic (exact) mass is 369 g/mol. The molecule has 2 rings (SSSR count). The van der Waals surface area contributed by atoms with Crippen molar-refractivity contribution in [2.75, 3.05) is 39.3 Å². The van der Waals surface area contributed by atoms with Gasteiger partial charge in [0.05, 0.1) is 0 Å². The van der Waals surface area contributed by atoms with Crippen LogP contribution in [0.1, 0.15) is 75.2 Å². The van der Waals surface area contributed by atoms with Gasteiger partial charge in [0.25, 0.3) is 0 Å². The van der Waals surface area contributed by atoms with E-state index in [1.54, 1.807) is 0 Å². The maximum absolute atomic E-state index is 12.0. The molecule has 2 aliphatic rings. The smallest absolute Gasteiger partial charge is 0.228 e. The van der Waals surface area contributed by atoms with Crippen molar-refractivity contribution < 1.29 is 4.79 Å². The molecule has 2 fully saturated rings. The number of piperidine rings is 1. The number of piperazine rings is 1. The minimum Gasteiger partial charge on any atom is -0.340 e. The molecule has 2 aliphatic heterocycles. The third-order valence-corrected chi connectivity index (χ3v) is 5.30. The van der Waals surface area contributed by atoms with E-state index in [0.29, 0.717) is 6.04 Å². The summed E-state index contributed by atoms with van der Waals surface area (Å²) in [5.41, 5.74) is -0.236. The van der Waals surface area contributed by atoms with E-state index in [4.69, 9.17) is 0 Å². The molecule has 0 radical (unpaired) electrons. The fourth-order valence-corrected chi connectivity index (χ4v) is 3.43. The summed E-state index contributed by atoms with van der Waals surface area (Å²) in [6, 6.07) is 0.594. The first-order valence-electron chi connectivity index (χ1n) is 10.9. The molecule has 0 bridgehead atoms. The lowest BCUT2D eigenvalue weighted by Gasteiger charge is -2.39. The number of nitrogens with one attached hydrogen (secondary N) is 1. The summed E-state index contributed by atoms with van der Waals surface area (Å²) in [5.74, 6) is 2.17. The van der Waals surface area contributed by atoms with Crippen molar-refractivity contribution in [1.29, 1.82) is 0 Å². The van der Waals surface area contributed by atoms with E-state index in [9.17, 15) is 4.79 Å². The summed E-state index contributed by atoms with van der Waals surface area (Å²) in [6.45, 7) is 25.3. The van der Waals surface area contributed by atoms with E-state index < -0.39 is 0 Å². The quantitative estimate of drug-likeness (QED) is 0.790. The molecule has 0 aromatic carbocycles.